The molecular weight excluding hydrogens is 290 g/mol. The molecule has 0 saturated heterocycles. The van der Waals surface area contributed by atoms with E-state index in [-0.39, 0.29) is 5.54 Å². The highest BCUT2D eigenvalue weighted by molar-refractivity contribution is 5.23. The van der Waals surface area contributed by atoms with Crippen molar-refractivity contribution in [3.8, 4) is 0 Å². The molecular formula is C23H41N. The van der Waals surface area contributed by atoms with Gasteiger partial charge in [0.05, 0.1) is 0 Å². The van der Waals surface area contributed by atoms with Gasteiger partial charge in [-0.3, -0.25) is 0 Å². The summed E-state index contributed by atoms with van der Waals surface area (Å²) < 4.78 is 0. The van der Waals surface area contributed by atoms with E-state index in [1.807, 2.05) is 0 Å². The molecule has 1 atom stereocenters. The van der Waals surface area contributed by atoms with E-state index >= 15 is 0 Å². The smallest absolute Gasteiger partial charge is 0.0403 e. The minimum atomic E-state index is 0.125. The van der Waals surface area contributed by atoms with Crippen molar-refractivity contribution in [1.29, 1.82) is 0 Å². The summed E-state index contributed by atoms with van der Waals surface area (Å²) in [5.41, 5.74) is 1.54. The standard InChI is InChI=1S/C23H41N/c1-4-5-6-7-8-9-10-11-12-13-14-18-21-23(2,24-3)22-19-16-15-17-20-22/h15-17,19-20,24H,4-14,18,21H2,1-3H3. The van der Waals surface area contributed by atoms with E-state index in [4.69, 9.17) is 0 Å². The van der Waals surface area contributed by atoms with Gasteiger partial charge in [0.2, 0.25) is 0 Å². The van der Waals surface area contributed by atoms with Gasteiger partial charge in [0, 0.05) is 5.54 Å². The number of hydrogen-bond donors (Lipinski definition) is 1. The lowest BCUT2D eigenvalue weighted by Gasteiger charge is -2.30. The van der Waals surface area contributed by atoms with Crippen molar-refractivity contribution >= 4 is 0 Å². The van der Waals surface area contributed by atoms with Crippen LogP contribution in [0.1, 0.15) is 103 Å². The summed E-state index contributed by atoms with van der Waals surface area (Å²) in [5.74, 6) is 0. The normalized spacial score (nSPS) is 13.8. The van der Waals surface area contributed by atoms with Crippen LogP contribution < -0.4 is 5.32 Å². The third kappa shape index (κ3) is 8.87. The van der Waals surface area contributed by atoms with Gasteiger partial charge in [0.1, 0.15) is 0 Å². The SMILES string of the molecule is CCCCCCCCCCCCCCC(C)(NC)c1ccccc1. The second kappa shape index (κ2) is 13.5. The summed E-state index contributed by atoms with van der Waals surface area (Å²) in [4.78, 5) is 0. The van der Waals surface area contributed by atoms with E-state index in [9.17, 15) is 0 Å². The van der Waals surface area contributed by atoms with Gasteiger partial charge in [0.15, 0.2) is 0 Å². The second-order valence-corrected chi connectivity index (χ2v) is 7.59. The van der Waals surface area contributed by atoms with Gasteiger partial charge in [-0.1, -0.05) is 114 Å². The number of nitrogens with one attached hydrogen (secondary N) is 1. The molecule has 0 radical (unpaired) electrons. The fourth-order valence-electron chi connectivity index (χ4n) is 3.54. The van der Waals surface area contributed by atoms with Gasteiger partial charge in [-0.15, -0.1) is 0 Å². The van der Waals surface area contributed by atoms with Crippen LogP contribution in [-0.2, 0) is 5.54 Å². The first-order valence-corrected chi connectivity index (χ1v) is 10.5. The van der Waals surface area contributed by atoms with Crippen molar-refractivity contribution in [3.63, 3.8) is 0 Å². The Bertz CT molecular complexity index is 386. The van der Waals surface area contributed by atoms with Crippen LogP contribution in [0, 0.1) is 0 Å². The Morgan fingerprint density at radius 1 is 0.708 bits per heavy atom. The third-order valence-corrected chi connectivity index (χ3v) is 5.49. The Balaban J connectivity index is 2.01. The van der Waals surface area contributed by atoms with Crippen LogP contribution in [0.4, 0.5) is 0 Å². The molecule has 1 aromatic carbocycles. The topological polar surface area (TPSA) is 12.0 Å². The first kappa shape index (κ1) is 21.2. The quantitative estimate of drug-likeness (QED) is 0.335. The Kier molecular flexibility index (Phi) is 11.9. The van der Waals surface area contributed by atoms with Crippen molar-refractivity contribution in [1.82, 2.24) is 5.32 Å². The predicted octanol–water partition coefficient (Wildman–Crippen LogP) is 7.21. The molecule has 0 heterocycles. The molecule has 1 unspecified atom stereocenters. The Hall–Kier alpha value is -0.820. The summed E-state index contributed by atoms with van der Waals surface area (Å²) in [6.07, 6.45) is 18.2. The fourth-order valence-corrected chi connectivity index (χ4v) is 3.54. The van der Waals surface area contributed by atoms with Crippen LogP contribution in [-0.4, -0.2) is 7.05 Å². The molecule has 1 aromatic rings. The van der Waals surface area contributed by atoms with Crippen LogP contribution in [0.25, 0.3) is 0 Å². The lowest BCUT2D eigenvalue weighted by molar-refractivity contribution is 0.351. The van der Waals surface area contributed by atoms with Crippen LogP contribution in [0.5, 0.6) is 0 Å². The lowest BCUT2D eigenvalue weighted by atomic mass is 9.86. The molecule has 1 N–H and O–H groups in total. The molecule has 1 nitrogen and oxygen atoms in total. The summed E-state index contributed by atoms with van der Waals surface area (Å²) >= 11 is 0. The zero-order valence-corrected chi connectivity index (χ0v) is 16.6. The highest BCUT2D eigenvalue weighted by atomic mass is 14.9. The van der Waals surface area contributed by atoms with Gasteiger partial charge in [-0.05, 0) is 26.0 Å². The van der Waals surface area contributed by atoms with Crippen molar-refractivity contribution in [2.45, 2.75) is 103 Å². The summed E-state index contributed by atoms with van der Waals surface area (Å²) in [6, 6.07) is 10.9. The van der Waals surface area contributed by atoms with Crippen LogP contribution in [0.3, 0.4) is 0 Å². The van der Waals surface area contributed by atoms with E-state index in [0.29, 0.717) is 0 Å². The van der Waals surface area contributed by atoms with Gasteiger partial charge >= 0.3 is 0 Å². The molecule has 0 aliphatic heterocycles. The van der Waals surface area contributed by atoms with Crippen molar-refractivity contribution in [2.24, 2.45) is 0 Å². The molecule has 0 bridgehead atoms. The Morgan fingerprint density at radius 3 is 1.62 bits per heavy atom. The van der Waals surface area contributed by atoms with E-state index in [1.54, 1.807) is 0 Å². The average molecular weight is 332 g/mol. The van der Waals surface area contributed by atoms with E-state index in [0.717, 1.165) is 0 Å². The molecule has 0 amide bonds. The van der Waals surface area contributed by atoms with E-state index in [1.165, 1.54) is 89.0 Å². The first-order chi connectivity index (χ1) is 11.7. The number of benzene rings is 1. The lowest BCUT2D eigenvalue weighted by Crippen LogP contribution is -2.36. The molecule has 0 saturated carbocycles. The molecule has 0 fully saturated rings. The Labute approximate surface area is 151 Å². The molecule has 0 aliphatic rings. The zero-order valence-electron chi connectivity index (χ0n) is 16.6. The fraction of sp³-hybridized carbons (Fsp3) is 0.739. The van der Waals surface area contributed by atoms with Gasteiger partial charge in [0.25, 0.3) is 0 Å². The summed E-state index contributed by atoms with van der Waals surface area (Å²) in [6.45, 7) is 4.62. The maximum absolute atomic E-state index is 3.53. The van der Waals surface area contributed by atoms with E-state index in [2.05, 4.69) is 56.5 Å². The van der Waals surface area contributed by atoms with Crippen molar-refractivity contribution in [2.75, 3.05) is 7.05 Å². The number of unbranched alkanes of at least 4 members (excludes halogenated alkanes) is 11. The van der Waals surface area contributed by atoms with Crippen LogP contribution in [0.15, 0.2) is 30.3 Å². The Morgan fingerprint density at radius 2 is 1.17 bits per heavy atom. The molecule has 1 heteroatoms. The first-order valence-electron chi connectivity index (χ1n) is 10.5. The third-order valence-electron chi connectivity index (χ3n) is 5.49. The van der Waals surface area contributed by atoms with Crippen molar-refractivity contribution < 1.29 is 0 Å². The zero-order chi connectivity index (χ0) is 17.5. The minimum Gasteiger partial charge on any atom is -0.311 e. The number of hydrogen-bond acceptors (Lipinski definition) is 1. The van der Waals surface area contributed by atoms with Crippen LogP contribution >= 0.6 is 0 Å². The predicted molar refractivity (Wildman–Crippen MR) is 109 cm³/mol. The number of rotatable bonds is 15. The largest absolute Gasteiger partial charge is 0.311 e. The highest BCUT2D eigenvalue weighted by Gasteiger charge is 2.23. The second-order valence-electron chi connectivity index (χ2n) is 7.59. The molecule has 0 aromatic heterocycles. The highest BCUT2D eigenvalue weighted by Crippen LogP contribution is 2.26. The van der Waals surface area contributed by atoms with Crippen LogP contribution in [0.2, 0.25) is 0 Å². The van der Waals surface area contributed by atoms with Gasteiger partial charge < -0.3 is 5.32 Å². The van der Waals surface area contributed by atoms with Gasteiger partial charge in [-0.2, -0.15) is 0 Å². The summed E-state index contributed by atoms with van der Waals surface area (Å²) in [7, 11) is 2.09. The molecule has 138 valence electrons. The molecule has 0 spiro atoms. The molecule has 0 aliphatic carbocycles. The molecule has 1 rings (SSSR count). The van der Waals surface area contributed by atoms with Crippen molar-refractivity contribution in [3.05, 3.63) is 35.9 Å². The average Bonchev–Trinajstić information content (AvgIpc) is 2.63. The van der Waals surface area contributed by atoms with Gasteiger partial charge in [-0.25, -0.2) is 0 Å². The minimum absolute atomic E-state index is 0.125. The molecule has 24 heavy (non-hydrogen) atoms. The summed E-state index contributed by atoms with van der Waals surface area (Å²) in [5, 5.41) is 3.53. The maximum Gasteiger partial charge on any atom is 0.0403 e. The van der Waals surface area contributed by atoms with E-state index < -0.39 is 0 Å². The maximum atomic E-state index is 3.53. The monoisotopic (exact) mass is 331 g/mol.